The number of nitrogens with zero attached hydrogens (tertiary/aromatic N) is 3. The van der Waals surface area contributed by atoms with Gasteiger partial charge in [-0.1, -0.05) is 6.07 Å². The number of likely N-dealkylation sites (tertiary alicyclic amines) is 1. The zero-order chi connectivity index (χ0) is 30.9. The lowest BCUT2D eigenvalue weighted by molar-refractivity contribution is -0.136. The van der Waals surface area contributed by atoms with Crippen molar-refractivity contribution in [2.75, 3.05) is 18.8 Å². The summed E-state index contributed by atoms with van der Waals surface area (Å²) in [4.78, 5) is 22.0. The molecule has 8 nitrogen and oxygen atoms in total. The summed E-state index contributed by atoms with van der Waals surface area (Å²) in [7, 11) is 0. The number of alkyl halides is 5. The van der Waals surface area contributed by atoms with Crippen LogP contribution in [0.2, 0.25) is 0 Å². The number of furan rings is 1. The number of benzene rings is 1. The van der Waals surface area contributed by atoms with Crippen molar-refractivity contribution in [1.29, 1.82) is 0 Å². The number of piperidine rings is 1. The lowest BCUT2D eigenvalue weighted by Crippen LogP contribution is -2.41. The number of halogens is 5. The second kappa shape index (κ2) is 11.7. The maximum absolute atomic E-state index is 14.1. The van der Waals surface area contributed by atoms with Gasteiger partial charge in [-0.15, -0.1) is 0 Å². The number of aryl methyl sites for hydroxylation is 1. The molecule has 3 aromatic heterocycles. The van der Waals surface area contributed by atoms with Gasteiger partial charge in [0.05, 0.1) is 17.8 Å². The molecule has 1 amide bonds. The maximum Gasteiger partial charge on any atom is 0.420 e. The molecule has 1 unspecified atom stereocenters. The average Bonchev–Trinajstić information content (AvgIpc) is 3.29. The van der Waals surface area contributed by atoms with Crippen molar-refractivity contribution in [2.45, 2.75) is 44.6 Å². The molecule has 0 bridgehead atoms. The molecular formula is C30H28F5N5O3. The van der Waals surface area contributed by atoms with E-state index in [0.29, 0.717) is 22.5 Å². The molecule has 4 aromatic rings. The third kappa shape index (κ3) is 6.83. The lowest BCUT2D eigenvalue weighted by Gasteiger charge is -2.34. The first-order valence-electron chi connectivity index (χ1n) is 13.4. The van der Waals surface area contributed by atoms with Gasteiger partial charge in [-0.05, 0) is 48.9 Å². The lowest BCUT2D eigenvalue weighted by atomic mass is 10.0. The fraction of sp³-hybridized carbons (Fsp3) is 0.300. The number of carbonyl (C=O) groups is 1. The summed E-state index contributed by atoms with van der Waals surface area (Å²) in [6.07, 6.45) is -1.07. The second-order valence-electron chi connectivity index (χ2n) is 10.4. The normalized spacial score (nSPS) is 16.5. The molecule has 0 radical (unpaired) electrons. The Morgan fingerprint density at radius 1 is 1.16 bits per heavy atom. The summed E-state index contributed by atoms with van der Waals surface area (Å²) in [5, 5.41) is 13.5. The van der Waals surface area contributed by atoms with E-state index in [9.17, 15) is 31.9 Å². The van der Waals surface area contributed by atoms with Crippen molar-refractivity contribution in [3.8, 4) is 11.3 Å². The van der Waals surface area contributed by atoms with Gasteiger partial charge in [0, 0.05) is 66.5 Å². The number of aliphatic hydroxyl groups excluding tert-OH is 1. The number of anilines is 1. The van der Waals surface area contributed by atoms with E-state index in [1.165, 1.54) is 47.6 Å². The van der Waals surface area contributed by atoms with Gasteiger partial charge < -0.3 is 20.6 Å². The van der Waals surface area contributed by atoms with Crippen LogP contribution < -0.4 is 11.1 Å². The molecule has 1 aromatic carbocycles. The number of nitrogens with one attached hydrogen (secondary N) is 1. The second-order valence-corrected chi connectivity index (χ2v) is 10.4. The molecule has 5 rings (SSSR count). The largest absolute Gasteiger partial charge is 0.458 e. The van der Waals surface area contributed by atoms with Crippen molar-refractivity contribution in [2.24, 2.45) is 0 Å². The number of carbonyl (C=O) groups excluding carboxylic acids is 1. The van der Waals surface area contributed by atoms with Gasteiger partial charge in [-0.2, -0.15) is 13.2 Å². The number of hydrogen-bond acceptors (Lipinski definition) is 7. The summed E-state index contributed by atoms with van der Waals surface area (Å²) in [6, 6.07) is 8.69. The number of amides is 1. The van der Waals surface area contributed by atoms with Gasteiger partial charge in [0.2, 0.25) is 5.91 Å². The Hall–Kier alpha value is -4.36. The molecule has 43 heavy (non-hydrogen) atoms. The highest BCUT2D eigenvalue weighted by molar-refractivity contribution is 5.92. The minimum Gasteiger partial charge on any atom is -0.458 e. The van der Waals surface area contributed by atoms with Crippen LogP contribution >= 0.6 is 0 Å². The summed E-state index contributed by atoms with van der Waals surface area (Å²) in [5.41, 5.74) is 5.95. The van der Waals surface area contributed by atoms with E-state index in [-0.39, 0.29) is 60.5 Å². The highest BCUT2D eigenvalue weighted by Crippen LogP contribution is 2.41. The van der Waals surface area contributed by atoms with Gasteiger partial charge in [0.15, 0.2) is 0 Å². The number of aliphatic hydroxyl groups is 1. The highest BCUT2D eigenvalue weighted by Gasteiger charge is 2.37. The molecule has 13 heteroatoms. The van der Waals surface area contributed by atoms with Crippen LogP contribution in [0.25, 0.3) is 28.3 Å². The summed E-state index contributed by atoms with van der Waals surface area (Å²) >= 11 is 0. The molecule has 226 valence electrons. The molecule has 0 spiro atoms. The molecule has 1 aliphatic heterocycles. The Kier molecular flexibility index (Phi) is 8.21. The van der Waals surface area contributed by atoms with E-state index < -0.39 is 29.8 Å². The van der Waals surface area contributed by atoms with Crippen LogP contribution in [-0.4, -0.2) is 44.9 Å². The molecule has 4 N–H and O–H groups in total. The number of nitrogens with two attached hydrogens (primary N) is 1. The third-order valence-electron chi connectivity index (χ3n) is 7.36. The van der Waals surface area contributed by atoms with Crippen molar-refractivity contribution >= 4 is 28.8 Å². The minimum absolute atomic E-state index is 0.000428. The first-order valence-corrected chi connectivity index (χ1v) is 13.4. The molecule has 4 heterocycles. The van der Waals surface area contributed by atoms with E-state index in [1.807, 2.05) is 0 Å². The molecule has 1 aliphatic rings. The fourth-order valence-corrected chi connectivity index (χ4v) is 4.84. The Balaban J connectivity index is 1.36. The quantitative estimate of drug-likeness (QED) is 0.180. The highest BCUT2D eigenvalue weighted by atomic mass is 19.4. The van der Waals surface area contributed by atoms with Gasteiger partial charge in [0.25, 0.3) is 5.92 Å². The van der Waals surface area contributed by atoms with E-state index in [4.69, 9.17) is 10.2 Å². The zero-order valence-corrected chi connectivity index (χ0v) is 23.0. The van der Waals surface area contributed by atoms with E-state index in [1.54, 1.807) is 19.1 Å². The Morgan fingerprint density at radius 2 is 1.91 bits per heavy atom. The van der Waals surface area contributed by atoms with Crippen LogP contribution in [0.5, 0.6) is 0 Å². The average molecular weight is 602 g/mol. The van der Waals surface area contributed by atoms with Crippen LogP contribution in [0, 0.1) is 6.92 Å². The number of rotatable bonds is 7. The molecule has 1 atom stereocenters. The van der Waals surface area contributed by atoms with Crippen LogP contribution in [0.15, 0.2) is 59.3 Å². The van der Waals surface area contributed by atoms with E-state index in [0.717, 1.165) is 6.07 Å². The minimum atomic E-state index is -4.75. The molecule has 0 saturated carbocycles. The molecule has 1 saturated heterocycles. The topological polar surface area (TPSA) is 118 Å². The number of pyridine rings is 2. The third-order valence-corrected chi connectivity index (χ3v) is 7.36. The van der Waals surface area contributed by atoms with Crippen LogP contribution in [-0.2, 0) is 17.5 Å². The first-order chi connectivity index (χ1) is 20.3. The van der Waals surface area contributed by atoms with Crippen LogP contribution in [0.3, 0.4) is 0 Å². The number of fused-ring (bicyclic) bond motifs is 1. The zero-order valence-electron chi connectivity index (χ0n) is 23.0. The van der Waals surface area contributed by atoms with Crippen molar-refractivity contribution < 1.29 is 36.3 Å². The summed E-state index contributed by atoms with van der Waals surface area (Å²) < 4.78 is 74.9. The Bertz CT molecular complexity index is 1640. The van der Waals surface area contributed by atoms with Gasteiger partial charge in [0.1, 0.15) is 23.4 Å². The molecular weight excluding hydrogens is 573 g/mol. The predicted molar refractivity (Wildman–Crippen MR) is 149 cm³/mol. The summed E-state index contributed by atoms with van der Waals surface area (Å²) in [6.45, 7) is 1.45. The van der Waals surface area contributed by atoms with Crippen LogP contribution in [0.4, 0.5) is 27.8 Å². The number of nitrogen functional groups attached to an aromatic ring is 1. The monoisotopic (exact) mass is 601 g/mol. The molecule has 1 fully saturated rings. The Morgan fingerprint density at radius 3 is 2.53 bits per heavy atom. The van der Waals surface area contributed by atoms with Crippen LogP contribution in [0.1, 0.15) is 47.1 Å². The van der Waals surface area contributed by atoms with E-state index in [2.05, 4.69) is 15.3 Å². The standard InChI is InChI=1S/C30H28F5N5O3/c1-17-21-12-20(23-5-4-19(15-37-23)28(42)40-10-8-29(31,32)9-11-40)13-22(30(33,34)35)27(21)43-24(17)16-39-26(41)7-3-18-2-6-25(36)38-14-18/h2-7,12-15,28,42H,8-11,16H2,1H3,(H2,36,38)(H,39,41)/b7-3+. The van der Waals surface area contributed by atoms with Gasteiger partial charge in [-0.3, -0.25) is 14.7 Å². The Labute approximate surface area is 243 Å². The predicted octanol–water partition coefficient (Wildman–Crippen LogP) is 5.85. The smallest absolute Gasteiger partial charge is 0.420 e. The van der Waals surface area contributed by atoms with Crippen molar-refractivity contribution in [3.63, 3.8) is 0 Å². The van der Waals surface area contributed by atoms with E-state index >= 15 is 0 Å². The van der Waals surface area contributed by atoms with Crippen molar-refractivity contribution in [3.05, 3.63) is 82.9 Å². The van der Waals surface area contributed by atoms with Gasteiger partial charge >= 0.3 is 6.18 Å². The molecule has 0 aliphatic carbocycles. The van der Waals surface area contributed by atoms with Gasteiger partial charge in [-0.25, -0.2) is 13.8 Å². The summed E-state index contributed by atoms with van der Waals surface area (Å²) in [5.74, 6) is -2.76. The maximum atomic E-state index is 14.1. The SMILES string of the molecule is Cc1c(CNC(=O)/C=C/c2ccc(N)nc2)oc2c(C(F)(F)F)cc(-c3ccc(C(O)N4CCC(F)(F)CC4)cn3)cc12. The number of aromatic nitrogens is 2. The fourth-order valence-electron chi connectivity index (χ4n) is 4.84. The first kappa shape index (κ1) is 30.1. The number of hydrogen-bond donors (Lipinski definition) is 3. The van der Waals surface area contributed by atoms with Crippen molar-refractivity contribution in [1.82, 2.24) is 20.2 Å².